The maximum Gasteiger partial charge on any atom is 0.251 e. The number of alkyl halides is 2. The van der Waals surface area contributed by atoms with E-state index in [9.17, 15) is 27.6 Å². The van der Waals surface area contributed by atoms with Gasteiger partial charge in [0.15, 0.2) is 0 Å². The van der Waals surface area contributed by atoms with Crippen LogP contribution in [-0.2, 0) is 14.4 Å². The Labute approximate surface area is 233 Å². The zero-order chi connectivity index (χ0) is 28.4. The van der Waals surface area contributed by atoms with Crippen LogP contribution in [-0.4, -0.2) is 45.7 Å². The van der Waals surface area contributed by atoms with Crippen LogP contribution in [0.2, 0.25) is 5.02 Å². The molecule has 3 aromatic rings. The maximum atomic E-state index is 14.5. The lowest BCUT2D eigenvalue weighted by atomic mass is 10.0. The van der Waals surface area contributed by atoms with Crippen LogP contribution in [0.4, 0.5) is 24.8 Å². The summed E-state index contributed by atoms with van der Waals surface area (Å²) in [5.74, 6) is -5.45. The van der Waals surface area contributed by atoms with Crippen LogP contribution >= 0.6 is 11.6 Å². The molecule has 0 bridgehead atoms. The van der Waals surface area contributed by atoms with Crippen molar-refractivity contribution in [3.8, 4) is 0 Å². The zero-order valence-electron chi connectivity index (χ0n) is 21.1. The number of nitrogens with one attached hydrogen (secondary N) is 1. The van der Waals surface area contributed by atoms with Crippen LogP contribution in [0.25, 0.3) is 0 Å². The summed E-state index contributed by atoms with van der Waals surface area (Å²) < 4.78 is 42.4. The van der Waals surface area contributed by atoms with E-state index in [-0.39, 0.29) is 47.9 Å². The van der Waals surface area contributed by atoms with Crippen LogP contribution in [0.1, 0.15) is 43.7 Å². The standard InChI is InChI=1S/C28H25ClF3N5O3/c29-21-8-2-1-7-20(21)24(25(39)35-18-11-12-28(31,32)16-18)36(19-6-3-5-17(30)15-19)26(40)22-9-10-23(38)37(22)27-33-13-4-14-34-27/h1-8,13-15,18,22,24H,9-12,16H2,(H,35,39)/t18?,22-,24?/m0/s1. The van der Waals surface area contributed by atoms with Crippen molar-refractivity contribution in [3.63, 3.8) is 0 Å². The zero-order valence-corrected chi connectivity index (χ0v) is 21.9. The van der Waals surface area contributed by atoms with Gasteiger partial charge in [0.05, 0.1) is 0 Å². The van der Waals surface area contributed by atoms with E-state index in [2.05, 4.69) is 15.3 Å². The Balaban J connectivity index is 1.60. The molecule has 2 unspecified atom stereocenters. The van der Waals surface area contributed by atoms with E-state index in [1.807, 2.05) is 0 Å². The molecular formula is C28H25ClF3N5O3. The fourth-order valence-corrected chi connectivity index (χ4v) is 5.46. The normalized spacial score (nSPS) is 20.8. The summed E-state index contributed by atoms with van der Waals surface area (Å²) in [7, 11) is 0. The van der Waals surface area contributed by atoms with Gasteiger partial charge in [-0.25, -0.2) is 23.1 Å². The van der Waals surface area contributed by atoms with E-state index >= 15 is 0 Å². The molecule has 1 saturated carbocycles. The van der Waals surface area contributed by atoms with Gasteiger partial charge in [0.1, 0.15) is 17.9 Å². The average molecular weight is 572 g/mol. The van der Waals surface area contributed by atoms with Crippen molar-refractivity contribution in [2.24, 2.45) is 0 Å². The number of aromatic nitrogens is 2. The Morgan fingerprint density at radius 3 is 2.50 bits per heavy atom. The minimum atomic E-state index is -2.92. The van der Waals surface area contributed by atoms with Crippen LogP contribution in [0.15, 0.2) is 67.0 Å². The van der Waals surface area contributed by atoms with Gasteiger partial charge in [0.2, 0.25) is 23.7 Å². The van der Waals surface area contributed by atoms with E-state index in [0.717, 1.165) is 15.9 Å². The van der Waals surface area contributed by atoms with Crippen LogP contribution < -0.4 is 15.1 Å². The fraction of sp³-hybridized carbons (Fsp3) is 0.321. The molecule has 1 aliphatic carbocycles. The number of hydrogen-bond acceptors (Lipinski definition) is 5. The molecule has 1 saturated heterocycles. The highest BCUT2D eigenvalue weighted by Gasteiger charge is 2.46. The van der Waals surface area contributed by atoms with Crippen molar-refractivity contribution >= 4 is 41.0 Å². The summed E-state index contributed by atoms with van der Waals surface area (Å²) in [6.07, 6.45) is 2.10. The summed E-state index contributed by atoms with van der Waals surface area (Å²) in [4.78, 5) is 51.6. The number of nitrogens with zero attached hydrogens (tertiary/aromatic N) is 4. The van der Waals surface area contributed by atoms with Gasteiger partial charge in [-0.15, -0.1) is 0 Å². The van der Waals surface area contributed by atoms with Crippen LogP contribution in [0.3, 0.4) is 0 Å². The van der Waals surface area contributed by atoms with Gasteiger partial charge in [-0.2, -0.15) is 0 Å². The number of halogens is 4. The van der Waals surface area contributed by atoms with Crippen LogP contribution in [0.5, 0.6) is 0 Å². The van der Waals surface area contributed by atoms with Crippen molar-refractivity contribution in [3.05, 3.63) is 83.4 Å². The predicted octanol–water partition coefficient (Wildman–Crippen LogP) is 4.84. The van der Waals surface area contributed by atoms with Gasteiger partial charge in [-0.05, 0) is 43.2 Å². The van der Waals surface area contributed by atoms with Gasteiger partial charge in [0.25, 0.3) is 5.91 Å². The molecule has 0 spiro atoms. The first-order chi connectivity index (χ1) is 19.1. The number of benzene rings is 2. The quantitative estimate of drug-likeness (QED) is 0.438. The molecule has 5 rings (SSSR count). The topological polar surface area (TPSA) is 95.5 Å². The first-order valence-electron chi connectivity index (χ1n) is 12.7. The minimum Gasteiger partial charge on any atom is -0.351 e. The number of carbonyl (C=O) groups excluding carboxylic acids is 3. The molecule has 3 amide bonds. The van der Waals surface area contributed by atoms with Crippen LogP contribution in [0, 0.1) is 5.82 Å². The van der Waals surface area contributed by atoms with Crippen molar-refractivity contribution in [2.45, 2.75) is 56.2 Å². The average Bonchev–Trinajstić information content (AvgIpc) is 3.48. The lowest BCUT2D eigenvalue weighted by Crippen LogP contribution is -2.53. The number of carbonyl (C=O) groups is 3. The largest absolute Gasteiger partial charge is 0.351 e. The van der Waals surface area contributed by atoms with Gasteiger partial charge < -0.3 is 5.32 Å². The molecule has 2 aliphatic rings. The predicted molar refractivity (Wildman–Crippen MR) is 141 cm³/mol. The smallest absolute Gasteiger partial charge is 0.251 e. The third kappa shape index (κ3) is 5.65. The molecule has 40 heavy (non-hydrogen) atoms. The molecule has 12 heteroatoms. The van der Waals surface area contributed by atoms with Crippen molar-refractivity contribution < 1.29 is 27.6 Å². The SMILES string of the molecule is O=C(NC1CCC(F)(F)C1)C(c1ccccc1Cl)N(C(=O)[C@@H]1CCC(=O)N1c1ncccn1)c1cccc(F)c1. The molecule has 2 heterocycles. The number of anilines is 2. The van der Waals surface area contributed by atoms with E-state index in [4.69, 9.17) is 11.6 Å². The molecule has 1 aliphatic heterocycles. The first kappa shape index (κ1) is 27.6. The Kier molecular flexibility index (Phi) is 7.75. The van der Waals surface area contributed by atoms with E-state index in [1.54, 1.807) is 18.2 Å². The Bertz CT molecular complexity index is 1430. The molecule has 2 fully saturated rings. The molecule has 1 aromatic heterocycles. The summed E-state index contributed by atoms with van der Waals surface area (Å²) in [6, 6.07) is 9.54. The maximum absolute atomic E-state index is 14.5. The summed E-state index contributed by atoms with van der Waals surface area (Å²) in [6.45, 7) is 0. The molecule has 2 aromatic carbocycles. The fourth-order valence-electron chi connectivity index (χ4n) is 5.22. The molecular weight excluding hydrogens is 547 g/mol. The van der Waals surface area contributed by atoms with E-state index in [0.29, 0.717) is 0 Å². The van der Waals surface area contributed by atoms with Gasteiger partial charge in [0, 0.05) is 54.0 Å². The summed E-state index contributed by atoms with van der Waals surface area (Å²) >= 11 is 6.50. The Morgan fingerprint density at radius 2 is 1.82 bits per heavy atom. The monoisotopic (exact) mass is 571 g/mol. The Hall–Kier alpha value is -3.99. The molecule has 0 radical (unpaired) electrons. The molecule has 8 nitrogen and oxygen atoms in total. The van der Waals surface area contributed by atoms with Gasteiger partial charge in [-0.1, -0.05) is 35.9 Å². The lowest BCUT2D eigenvalue weighted by molar-refractivity contribution is -0.127. The Morgan fingerprint density at radius 1 is 1.07 bits per heavy atom. The van der Waals surface area contributed by atoms with Gasteiger partial charge >= 0.3 is 0 Å². The minimum absolute atomic E-state index is 0.00877. The third-order valence-electron chi connectivity index (χ3n) is 7.04. The van der Waals surface area contributed by atoms with E-state index < -0.39 is 54.0 Å². The summed E-state index contributed by atoms with van der Waals surface area (Å²) in [5, 5.41) is 2.79. The van der Waals surface area contributed by atoms with Crippen molar-refractivity contribution in [1.82, 2.24) is 15.3 Å². The highest BCUT2D eigenvalue weighted by atomic mass is 35.5. The van der Waals surface area contributed by atoms with Crippen molar-refractivity contribution in [1.29, 1.82) is 0 Å². The number of amides is 3. The second kappa shape index (κ2) is 11.2. The van der Waals surface area contributed by atoms with Crippen molar-refractivity contribution in [2.75, 3.05) is 9.80 Å². The molecule has 3 atom stereocenters. The highest BCUT2D eigenvalue weighted by Crippen LogP contribution is 2.38. The van der Waals surface area contributed by atoms with E-state index in [1.165, 1.54) is 42.7 Å². The first-order valence-corrected chi connectivity index (χ1v) is 13.1. The highest BCUT2D eigenvalue weighted by molar-refractivity contribution is 6.31. The molecule has 208 valence electrons. The van der Waals surface area contributed by atoms with Gasteiger partial charge in [-0.3, -0.25) is 24.2 Å². The second-order valence-electron chi connectivity index (χ2n) is 9.78. The second-order valence-corrected chi connectivity index (χ2v) is 10.2. The number of rotatable bonds is 7. The third-order valence-corrected chi connectivity index (χ3v) is 7.39. The summed E-state index contributed by atoms with van der Waals surface area (Å²) in [5.41, 5.74) is 0.228. The number of hydrogen-bond donors (Lipinski definition) is 1. The molecule has 1 N–H and O–H groups in total. The lowest BCUT2D eigenvalue weighted by Gasteiger charge is -2.35.